The van der Waals surface area contributed by atoms with Crippen LogP contribution in [0.5, 0.6) is 0 Å². The molecule has 0 bridgehead atoms. The Hall–Kier alpha value is 0.150. The summed E-state index contributed by atoms with van der Waals surface area (Å²) < 4.78 is 29.6. The number of hydrogen-bond donors (Lipinski definition) is 1. The fourth-order valence-electron chi connectivity index (χ4n) is 1.75. The minimum absolute atomic E-state index is 0.229. The van der Waals surface area contributed by atoms with E-state index in [1.54, 1.807) is 6.07 Å². The van der Waals surface area contributed by atoms with Crippen molar-refractivity contribution in [3.05, 3.63) is 23.7 Å². The van der Waals surface area contributed by atoms with E-state index >= 15 is 0 Å². The topological polar surface area (TPSA) is 25.2 Å². The number of nitrogens with one attached hydrogen (secondary N) is 1. The van der Waals surface area contributed by atoms with Crippen LogP contribution in [0, 0.1) is 0 Å². The van der Waals surface area contributed by atoms with Crippen molar-refractivity contribution in [3.8, 4) is 0 Å². The summed E-state index contributed by atoms with van der Waals surface area (Å²) in [6.07, 6.45) is 0. The average Bonchev–Trinajstić information content (AvgIpc) is 2.86. The van der Waals surface area contributed by atoms with Gasteiger partial charge in [-0.3, -0.25) is 0 Å². The van der Waals surface area contributed by atoms with Crippen LogP contribution in [0.1, 0.15) is 11.5 Å². The highest BCUT2D eigenvalue weighted by atomic mass is 32.2. The van der Waals surface area contributed by atoms with E-state index < -0.39 is 5.76 Å². The van der Waals surface area contributed by atoms with E-state index in [-0.39, 0.29) is 5.75 Å². The van der Waals surface area contributed by atoms with Crippen LogP contribution in [0.3, 0.4) is 0 Å². The molecule has 0 radical (unpaired) electrons. The van der Waals surface area contributed by atoms with E-state index in [1.807, 2.05) is 29.6 Å². The minimum atomic E-state index is -2.34. The maximum Gasteiger partial charge on any atom is 0.284 e. The lowest BCUT2D eigenvalue weighted by atomic mass is 10.4. The van der Waals surface area contributed by atoms with Crippen molar-refractivity contribution >= 4 is 35.3 Å². The molecule has 2 nitrogen and oxygen atoms in total. The first-order valence-corrected chi connectivity index (χ1v) is 9.36. The second kappa shape index (κ2) is 8.44. The molecule has 7 heteroatoms. The van der Waals surface area contributed by atoms with E-state index in [0.29, 0.717) is 29.3 Å². The molecule has 1 aliphatic heterocycles. The van der Waals surface area contributed by atoms with Gasteiger partial charge in [0.15, 0.2) is 0 Å². The van der Waals surface area contributed by atoms with Crippen LogP contribution in [-0.4, -0.2) is 34.8 Å². The van der Waals surface area contributed by atoms with Gasteiger partial charge in [0.1, 0.15) is 11.5 Å². The number of halogens is 2. The molecular weight excluding hydrogens is 308 g/mol. The van der Waals surface area contributed by atoms with Crippen LogP contribution < -0.4 is 5.32 Å². The van der Waals surface area contributed by atoms with Gasteiger partial charge in [-0.1, -0.05) is 11.8 Å². The minimum Gasteiger partial charge on any atom is -0.464 e. The molecule has 19 heavy (non-hydrogen) atoms. The zero-order chi connectivity index (χ0) is 13.5. The van der Waals surface area contributed by atoms with Crippen LogP contribution in [-0.2, 0) is 12.3 Å². The van der Waals surface area contributed by atoms with Crippen LogP contribution >= 0.6 is 35.3 Å². The van der Waals surface area contributed by atoms with E-state index in [9.17, 15) is 8.78 Å². The van der Waals surface area contributed by atoms with Crippen molar-refractivity contribution in [2.45, 2.75) is 23.3 Å². The molecule has 2 heterocycles. The van der Waals surface area contributed by atoms with Gasteiger partial charge in [0.2, 0.25) is 0 Å². The van der Waals surface area contributed by atoms with E-state index in [2.05, 4.69) is 5.32 Å². The lowest BCUT2D eigenvalue weighted by Gasteiger charge is -2.20. The highest BCUT2D eigenvalue weighted by Crippen LogP contribution is 2.24. The molecule has 1 atom stereocenters. The number of alkyl halides is 2. The van der Waals surface area contributed by atoms with Crippen LogP contribution in [0.2, 0.25) is 0 Å². The third kappa shape index (κ3) is 5.97. The van der Waals surface area contributed by atoms with Crippen LogP contribution in [0.15, 0.2) is 16.5 Å². The smallest absolute Gasteiger partial charge is 0.284 e. The number of rotatable bonds is 7. The molecule has 1 saturated heterocycles. The third-order valence-corrected chi connectivity index (χ3v) is 6.17. The molecule has 0 amide bonds. The summed E-state index contributed by atoms with van der Waals surface area (Å²) in [5.41, 5.74) is 0. The Bertz CT molecular complexity index is 370. The first-order chi connectivity index (χ1) is 9.24. The Morgan fingerprint density at radius 3 is 2.95 bits per heavy atom. The van der Waals surface area contributed by atoms with Gasteiger partial charge in [-0.2, -0.15) is 32.3 Å². The molecule has 0 aliphatic carbocycles. The van der Waals surface area contributed by atoms with Crippen molar-refractivity contribution in [2.24, 2.45) is 0 Å². The van der Waals surface area contributed by atoms with Crippen molar-refractivity contribution < 1.29 is 13.2 Å². The third-order valence-electron chi connectivity index (χ3n) is 2.63. The van der Waals surface area contributed by atoms with Crippen molar-refractivity contribution in [2.75, 3.05) is 23.8 Å². The Kier molecular flexibility index (Phi) is 6.90. The fraction of sp³-hybridized carbons (Fsp3) is 0.667. The molecule has 2 rings (SSSR count). The Morgan fingerprint density at radius 1 is 1.37 bits per heavy atom. The van der Waals surface area contributed by atoms with Gasteiger partial charge in [-0.25, -0.2) is 0 Å². The standard InChI is InChI=1S/C12H17F2NOS3/c13-12(14)19-7-10-2-1-9(16-10)5-15-6-11-8-17-3-4-18-11/h1-2,11-12,15H,3-8H2. The molecule has 1 aliphatic rings. The summed E-state index contributed by atoms with van der Waals surface area (Å²) in [5.74, 6) is 3.01. The number of furan rings is 1. The second-order valence-electron chi connectivity index (χ2n) is 4.14. The van der Waals surface area contributed by atoms with Crippen molar-refractivity contribution in [1.29, 1.82) is 0 Å². The fourth-order valence-corrected chi connectivity index (χ4v) is 4.84. The highest BCUT2D eigenvalue weighted by Gasteiger charge is 2.14. The largest absolute Gasteiger partial charge is 0.464 e. The Morgan fingerprint density at radius 2 is 2.21 bits per heavy atom. The van der Waals surface area contributed by atoms with E-state index in [0.717, 1.165) is 12.3 Å². The molecule has 1 fully saturated rings. The molecule has 1 N–H and O–H groups in total. The summed E-state index contributed by atoms with van der Waals surface area (Å²) in [5, 5.41) is 4.04. The molecular formula is C12H17F2NOS3. The summed E-state index contributed by atoms with van der Waals surface area (Å²) in [6.45, 7) is 1.64. The van der Waals surface area contributed by atoms with Crippen molar-refractivity contribution in [3.63, 3.8) is 0 Å². The predicted molar refractivity (Wildman–Crippen MR) is 81.3 cm³/mol. The number of thioether (sulfide) groups is 3. The first kappa shape index (κ1) is 15.5. The van der Waals surface area contributed by atoms with Gasteiger partial charge in [0, 0.05) is 29.1 Å². The summed E-state index contributed by atoms with van der Waals surface area (Å²) >= 11 is 4.61. The lowest BCUT2D eigenvalue weighted by molar-refractivity contribution is 0.251. The first-order valence-electron chi connectivity index (χ1n) is 6.11. The number of hydrogen-bond acceptors (Lipinski definition) is 5. The average molecular weight is 325 g/mol. The van der Waals surface area contributed by atoms with Gasteiger partial charge in [0.25, 0.3) is 5.76 Å². The van der Waals surface area contributed by atoms with Gasteiger partial charge in [-0.05, 0) is 12.1 Å². The Labute approximate surface area is 124 Å². The summed E-state index contributed by atoms with van der Waals surface area (Å²) in [6, 6.07) is 3.63. The normalized spacial score (nSPS) is 20.1. The maximum atomic E-state index is 12.0. The molecule has 1 aromatic heterocycles. The SMILES string of the molecule is FC(F)SCc1ccc(CNCC2CSCCS2)o1. The van der Waals surface area contributed by atoms with Gasteiger partial charge in [-0.15, -0.1) is 0 Å². The molecule has 0 saturated carbocycles. The Balaban J connectivity index is 1.65. The molecule has 1 unspecified atom stereocenters. The zero-order valence-electron chi connectivity index (χ0n) is 10.4. The molecule has 1 aromatic rings. The van der Waals surface area contributed by atoms with Crippen LogP contribution in [0.4, 0.5) is 8.78 Å². The van der Waals surface area contributed by atoms with E-state index in [4.69, 9.17) is 4.42 Å². The van der Waals surface area contributed by atoms with Gasteiger partial charge < -0.3 is 9.73 Å². The highest BCUT2D eigenvalue weighted by molar-refractivity contribution is 8.06. The summed E-state index contributed by atoms with van der Waals surface area (Å²) in [4.78, 5) is 0. The van der Waals surface area contributed by atoms with E-state index in [1.165, 1.54) is 17.3 Å². The lowest BCUT2D eigenvalue weighted by Crippen LogP contribution is -2.28. The van der Waals surface area contributed by atoms with Gasteiger partial charge >= 0.3 is 0 Å². The molecule has 0 spiro atoms. The maximum absolute atomic E-state index is 12.0. The second-order valence-corrected chi connectivity index (χ2v) is 7.67. The molecule has 0 aromatic carbocycles. The van der Waals surface area contributed by atoms with Crippen molar-refractivity contribution in [1.82, 2.24) is 5.32 Å². The monoisotopic (exact) mass is 325 g/mol. The van der Waals surface area contributed by atoms with Crippen LogP contribution in [0.25, 0.3) is 0 Å². The predicted octanol–water partition coefficient (Wildman–Crippen LogP) is 3.67. The quantitative estimate of drug-likeness (QED) is 0.825. The zero-order valence-corrected chi connectivity index (χ0v) is 12.9. The summed E-state index contributed by atoms with van der Waals surface area (Å²) in [7, 11) is 0. The van der Waals surface area contributed by atoms with Gasteiger partial charge in [0.05, 0.1) is 12.3 Å². The molecule has 108 valence electrons.